The first kappa shape index (κ1) is 22.6. The SMILES string of the molecule is C=CCC(NC(=O)OCC1c2ccccc2-c2ccccc21)C(=O)N1CCCCC1C(=O)O. The molecule has 7 heteroatoms. The molecule has 1 fully saturated rings. The number of likely N-dealkylation sites (tertiary alicyclic amines) is 1. The zero-order valence-electron chi connectivity index (χ0n) is 18.4. The standard InChI is InChI=1S/C26H28N2O5/c1-2-9-22(24(29)28-15-8-7-14-23(28)25(30)31)27-26(32)33-16-21-19-12-5-3-10-17(19)18-11-4-6-13-20(18)21/h2-6,10-13,21-23H,1,7-9,14-16H2,(H,27,32)(H,30,31). The Labute approximate surface area is 193 Å². The van der Waals surface area contributed by atoms with Crippen molar-refractivity contribution in [1.29, 1.82) is 0 Å². The number of carbonyl (C=O) groups excluding carboxylic acids is 2. The van der Waals surface area contributed by atoms with Gasteiger partial charge in [0.15, 0.2) is 0 Å². The van der Waals surface area contributed by atoms with Gasteiger partial charge < -0.3 is 20.1 Å². The lowest BCUT2D eigenvalue weighted by Gasteiger charge is -2.35. The zero-order valence-corrected chi connectivity index (χ0v) is 18.4. The lowest BCUT2D eigenvalue weighted by atomic mass is 9.98. The number of fused-ring (bicyclic) bond motifs is 3. The van der Waals surface area contributed by atoms with Crippen LogP contribution in [0.15, 0.2) is 61.2 Å². The lowest BCUT2D eigenvalue weighted by Crippen LogP contribution is -2.55. The van der Waals surface area contributed by atoms with Crippen LogP contribution in [0.2, 0.25) is 0 Å². The van der Waals surface area contributed by atoms with Gasteiger partial charge in [-0.15, -0.1) is 6.58 Å². The van der Waals surface area contributed by atoms with E-state index in [9.17, 15) is 19.5 Å². The lowest BCUT2D eigenvalue weighted by molar-refractivity contribution is -0.152. The number of amides is 2. The van der Waals surface area contributed by atoms with Crippen molar-refractivity contribution in [3.05, 3.63) is 72.3 Å². The predicted molar refractivity (Wildman–Crippen MR) is 124 cm³/mol. The first-order chi connectivity index (χ1) is 16.0. The van der Waals surface area contributed by atoms with E-state index in [4.69, 9.17) is 4.74 Å². The average molecular weight is 449 g/mol. The number of piperidine rings is 1. The van der Waals surface area contributed by atoms with Gasteiger partial charge in [-0.2, -0.15) is 0 Å². The molecule has 2 aromatic rings. The summed E-state index contributed by atoms with van der Waals surface area (Å²) in [6, 6.07) is 14.3. The summed E-state index contributed by atoms with van der Waals surface area (Å²) < 4.78 is 5.56. The fourth-order valence-electron chi connectivity index (χ4n) is 4.82. The minimum absolute atomic E-state index is 0.0878. The summed E-state index contributed by atoms with van der Waals surface area (Å²) in [5.74, 6) is -1.53. The molecule has 0 saturated carbocycles. The van der Waals surface area contributed by atoms with Crippen molar-refractivity contribution in [1.82, 2.24) is 10.2 Å². The smallest absolute Gasteiger partial charge is 0.407 e. The van der Waals surface area contributed by atoms with Crippen molar-refractivity contribution in [2.45, 2.75) is 43.7 Å². The largest absolute Gasteiger partial charge is 0.480 e. The number of benzene rings is 2. The predicted octanol–water partition coefficient (Wildman–Crippen LogP) is 3.94. The third-order valence-corrected chi connectivity index (χ3v) is 6.41. The van der Waals surface area contributed by atoms with Gasteiger partial charge in [0.25, 0.3) is 0 Å². The molecule has 1 aliphatic carbocycles. The number of ether oxygens (including phenoxy) is 1. The van der Waals surface area contributed by atoms with E-state index in [1.54, 1.807) is 0 Å². The van der Waals surface area contributed by atoms with E-state index >= 15 is 0 Å². The van der Waals surface area contributed by atoms with Crippen molar-refractivity contribution in [2.24, 2.45) is 0 Å². The van der Waals surface area contributed by atoms with Crippen LogP contribution >= 0.6 is 0 Å². The van der Waals surface area contributed by atoms with Crippen molar-refractivity contribution < 1.29 is 24.2 Å². The molecule has 1 heterocycles. The molecule has 2 amide bonds. The second-order valence-corrected chi connectivity index (χ2v) is 8.43. The molecule has 33 heavy (non-hydrogen) atoms. The van der Waals surface area contributed by atoms with E-state index in [-0.39, 0.29) is 18.9 Å². The quantitative estimate of drug-likeness (QED) is 0.626. The number of nitrogens with one attached hydrogen (secondary N) is 1. The van der Waals surface area contributed by atoms with Crippen LogP contribution in [0.1, 0.15) is 42.7 Å². The van der Waals surface area contributed by atoms with Gasteiger partial charge in [-0.1, -0.05) is 54.6 Å². The zero-order chi connectivity index (χ0) is 23.4. The Morgan fingerprint density at radius 1 is 1.09 bits per heavy atom. The Kier molecular flexibility index (Phi) is 6.77. The topological polar surface area (TPSA) is 95.9 Å². The van der Waals surface area contributed by atoms with Crippen LogP contribution in [-0.2, 0) is 14.3 Å². The number of alkyl carbamates (subject to hydrolysis) is 1. The maximum absolute atomic E-state index is 13.1. The van der Waals surface area contributed by atoms with Crippen molar-refractivity contribution >= 4 is 18.0 Å². The highest BCUT2D eigenvalue weighted by Crippen LogP contribution is 2.44. The number of hydrogen-bond acceptors (Lipinski definition) is 4. The van der Waals surface area contributed by atoms with Crippen LogP contribution in [0, 0.1) is 0 Å². The van der Waals surface area contributed by atoms with Gasteiger partial charge >= 0.3 is 12.1 Å². The van der Waals surface area contributed by atoms with E-state index in [2.05, 4.69) is 24.0 Å². The van der Waals surface area contributed by atoms with E-state index in [0.717, 1.165) is 35.1 Å². The van der Waals surface area contributed by atoms with E-state index < -0.39 is 30.1 Å². The number of aliphatic carboxylic acids is 1. The molecular formula is C26H28N2O5. The minimum Gasteiger partial charge on any atom is -0.480 e. The van der Waals surface area contributed by atoms with Crippen LogP contribution in [0.3, 0.4) is 0 Å². The van der Waals surface area contributed by atoms with E-state index in [0.29, 0.717) is 13.0 Å². The summed E-state index contributed by atoms with van der Waals surface area (Å²) >= 11 is 0. The van der Waals surface area contributed by atoms with Gasteiger partial charge in [-0.05, 0) is 47.9 Å². The van der Waals surface area contributed by atoms with Gasteiger partial charge in [0.05, 0.1) is 0 Å². The number of carbonyl (C=O) groups is 3. The highest BCUT2D eigenvalue weighted by Gasteiger charge is 2.36. The van der Waals surface area contributed by atoms with Crippen LogP contribution in [-0.4, -0.2) is 53.2 Å². The monoisotopic (exact) mass is 448 g/mol. The van der Waals surface area contributed by atoms with Crippen LogP contribution in [0.4, 0.5) is 4.79 Å². The number of rotatable bonds is 7. The van der Waals surface area contributed by atoms with Gasteiger partial charge in [0.2, 0.25) is 5.91 Å². The summed E-state index contributed by atoms with van der Waals surface area (Å²) in [4.78, 5) is 38.7. The molecule has 1 aliphatic heterocycles. The fourth-order valence-corrected chi connectivity index (χ4v) is 4.82. The van der Waals surface area contributed by atoms with Crippen LogP contribution < -0.4 is 5.32 Å². The molecule has 1 saturated heterocycles. The van der Waals surface area contributed by atoms with Gasteiger partial charge in [-0.25, -0.2) is 9.59 Å². The fraction of sp³-hybridized carbons (Fsp3) is 0.346. The molecular weight excluding hydrogens is 420 g/mol. The molecule has 0 bridgehead atoms. The molecule has 2 aliphatic rings. The highest BCUT2D eigenvalue weighted by molar-refractivity contribution is 5.89. The molecule has 2 atom stereocenters. The summed E-state index contributed by atoms with van der Waals surface area (Å²) in [7, 11) is 0. The molecule has 0 spiro atoms. The summed E-state index contributed by atoms with van der Waals surface area (Å²) in [6.07, 6.45) is 2.92. The summed E-state index contributed by atoms with van der Waals surface area (Å²) in [6.45, 7) is 4.16. The Morgan fingerprint density at radius 3 is 2.33 bits per heavy atom. The van der Waals surface area contributed by atoms with Crippen LogP contribution in [0.25, 0.3) is 11.1 Å². The number of carboxylic acids is 1. The Morgan fingerprint density at radius 2 is 1.73 bits per heavy atom. The summed E-state index contributed by atoms with van der Waals surface area (Å²) in [5, 5.41) is 12.1. The molecule has 2 aromatic carbocycles. The average Bonchev–Trinajstić information content (AvgIpc) is 3.15. The maximum atomic E-state index is 13.1. The van der Waals surface area contributed by atoms with Crippen molar-refractivity contribution in [3.63, 3.8) is 0 Å². The molecule has 7 nitrogen and oxygen atoms in total. The Hall–Kier alpha value is -3.61. The Bertz CT molecular complexity index is 1020. The van der Waals surface area contributed by atoms with E-state index in [1.807, 2.05) is 36.4 Å². The molecule has 0 radical (unpaired) electrons. The molecule has 2 unspecified atom stereocenters. The number of carboxylic acid groups (broad SMARTS) is 1. The second kappa shape index (κ2) is 9.90. The molecule has 0 aromatic heterocycles. The first-order valence-electron chi connectivity index (χ1n) is 11.3. The second-order valence-electron chi connectivity index (χ2n) is 8.43. The van der Waals surface area contributed by atoms with Gasteiger partial charge in [0.1, 0.15) is 18.7 Å². The maximum Gasteiger partial charge on any atom is 0.407 e. The third-order valence-electron chi connectivity index (χ3n) is 6.41. The third kappa shape index (κ3) is 4.62. The van der Waals surface area contributed by atoms with Gasteiger partial charge in [-0.3, -0.25) is 4.79 Å². The van der Waals surface area contributed by atoms with Crippen molar-refractivity contribution in [2.75, 3.05) is 13.2 Å². The number of hydrogen-bond donors (Lipinski definition) is 2. The molecule has 172 valence electrons. The van der Waals surface area contributed by atoms with Crippen molar-refractivity contribution in [3.8, 4) is 11.1 Å². The van der Waals surface area contributed by atoms with Gasteiger partial charge in [0, 0.05) is 12.5 Å². The Balaban J connectivity index is 1.43. The van der Waals surface area contributed by atoms with Crippen LogP contribution in [0.5, 0.6) is 0 Å². The molecule has 2 N–H and O–H groups in total. The normalized spacial score (nSPS) is 18.1. The summed E-state index contributed by atoms with van der Waals surface area (Å²) in [5.41, 5.74) is 4.46. The molecule has 4 rings (SSSR count). The number of nitrogens with zero attached hydrogens (tertiary/aromatic N) is 1. The highest BCUT2D eigenvalue weighted by atomic mass is 16.5. The minimum atomic E-state index is -1.03. The van der Waals surface area contributed by atoms with E-state index in [1.165, 1.54) is 11.0 Å². The first-order valence-corrected chi connectivity index (χ1v) is 11.3.